The lowest BCUT2D eigenvalue weighted by Crippen LogP contribution is -2.15. The smallest absolute Gasteiger partial charge is 0.251 e. The number of aryl methyl sites for hydroxylation is 1. The van der Waals surface area contributed by atoms with Gasteiger partial charge < -0.3 is 10.3 Å². The van der Waals surface area contributed by atoms with Crippen molar-refractivity contribution in [3.05, 3.63) is 51.4 Å². The van der Waals surface area contributed by atoms with E-state index >= 15 is 0 Å². The van der Waals surface area contributed by atoms with Gasteiger partial charge in [0.15, 0.2) is 5.16 Å². The molecule has 0 saturated heterocycles. The molecule has 0 saturated carbocycles. The molecule has 0 spiro atoms. The molecule has 0 unspecified atom stereocenters. The van der Waals surface area contributed by atoms with Crippen molar-refractivity contribution in [1.29, 1.82) is 0 Å². The zero-order valence-electron chi connectivity index (χ0n) is 11.4. The number of halogens is 1. The third-order valence-electron chi connectivity index (χ3n) is 2.60. The highest BCUT2D eigenvalue weighted by molar-refractivity contribution is 7.99. The Morgan fingerprint density at radius 2 is 2.10 bits per heavy atom. The van der Waals surface area contributed by atoms with Crippen LogP contribution in [0.2, 0.25) is 5.02 Å². The number of aromatic amines is 1. The number of thioether (sulfide) groups is 1. The van der Waals surface area contributed by atoms with Gasteiger partial charge in [-0.2, -0.15) is 0 Å². The predicted octanol–water partition coefficient (Wildman–Crippen LogP) is 2.72. The average Bonchev–Trinajstić information content (AvgIpc) is 2.47. The first-order valence-corrected chi connectivity index (χ1v) is 7.71. The summed E-state index contributed by atoms with van der Waals surface area (Å²) in [6, 6.07) is 8.31. The highest BCUT2D eigenvalue weighted by Gasteiger charge is 2.06. The fourth-order valence-electron chi connectivity index (χ4n) is 1.60. The van der Waals surface area contributed by atoms with Gasteiger partial charge >= 0.3 is 0 Å². The Kier molecular flexibility index (Phi) is 5.41. The van der Waals surface area contributed by atoms with E-state index < -0.39 is 0 Å². The number of benzene rings is 1. The van der Waals surface area contributed by atoms with Gasteiger partial charge in [-0.25, -0.2) is 4.98 Å². The lowest BCUT2D eigenvalue weighted by atomic mass is 10.3. The van der Waals surface area contributed by atoms with Crippen LogP contribution in [0.4, 0.5) is 5.69 Å². The Hall–Kier alpha value is -1.79. The topological polar surface area (TPSA) is 74.8 Å². The number of carbonyl (C=O) groups excluding carboxylic acids is 1. The molecule has 0 aliphatic carbocycles. The second-order valence-electron chi connectivity index (χ2n) is 4.24. The molecule has 1 aromatic carbocycles. The van der Waals surface area contributed by atoms with Gasteiger partial charge in [0.25, 0.3) is 5.56 Å². The fraction of sp³-hybridized carbons (Fsp3) is 0.214. The number of rotatable bonds is 5. The SMILES string of the molecule is CCc1cc(=O)[nH]c(SCC(=O)Nc2ccc(Cl)cc2)n1. The molecule has 2 rings (SSSR count). The van der Waals surface area contributed by atoms with Crippen molar-refractivity contribution in [2.24, 2.45) is 0 Å². The summed E-state index contributed by atoms with van der Waals surface area (Å²) in [5.41, 5.74) is 1.18. The van der Waals surface area contributed by atoms with E-state index in [0.29, 0.717) is 28.0 Å². The van der Waals surface area contributed by atoms with E-state index in [1.807, 2.05) is 6.92 Å². The Morgan fingerprint density at radius 3 is 2.76 bits per heavy atom. The second kappa shape index (κ2) is 7.28. The fourth-order valence-corrected chi connectivity index (χ4v) is 2.42. The molecule has 0 bridgehead atoms. The van der Waals surface area contributed by atoms with E-state index in [9.17, 15) is 9.59 Å². The first kappa shape index (κ1) is 15.6. The number of carbonyl (C=O) groups is 1. The Labute approximate surface area is 131 Å². The Balaban J connectivity index is 1.93. The van der Waals surface area contributed by atoms with Crippen molar-refractivity contribution < 1.29 is 4.79 Å². The van der Waals surface area contributed by atoms with Gasteiger partial charge in [0.1, 0.15) is 0 Å². The van der Waals surface area contributed by atoms with Crippen molar-refractivity contribution in [3.63, 3.8) is 0 Å². The first-order chi connectivity index (χ1) is 10.1. The summed E-state index contributed by atoms with van der Waals surface area (Å²) in [4.78, 5) is 30.1. The summed E-state index contributed by atoms with van der Waals surface area (Å²) in [5.74, 6) is -0.00878. The molecule has 0 atom stereocenters. The van der Waals surface area contributed by atoms with Crippen LogP contribution >= 0.6 is 23.4 Å². The van der Waals surface area contributed by atoms with Crippen LogP contribution in [-0.2, 0) is 11.2 Å². The van der Waals surface area contributed by atoms with E-state index in [2.05, 4.69) is 15.3 Å². The number of hydrogen-bond acceptors (Lipinski definition) is 4. The second-order valence-corrected chi connectivity index (χ2v) is 5.64. The standard InChI is InChI=1S/C14H14ClN3O2S/c1-2-10-7-12(19)18-14(17-10)21-8-13(20)16-11-5-3-9(15)4-6-11/h3-7H,2,8H2,1H3,(H,16,20)(H,17,18,19). The van der Waals surface area contributed by atoms with Crippen LogP contribution in [0.5, 0.6) is 0 Å². The van der Waals surface area contributed by atoms with Crippen LogP contribution in [0.1, 0.15) is 12.6 Å². The van der Waals surface area contributed by atoms with Gasteiger partial charge in [-0.15, -0.1) is 0 Å². The molecule has 21 heavy (non-hydrogen) atoms. The molecule has 0 fully saturated rings. The van der Waals surface area contributed by atoms with Crippen molar-refractivity contribution in [2.45, 2.75) is 18.5 Å². The summed E-state index contributed by atoms with van der Waals surface area (Å²) < 4.78 is 0. The van der Waals surface area contributed by atoms with E-state index in [1.54, 1.807) is 24.3 Å². The monoisotopic (exact) mass is 323 g/mol. The summed E-state index contributed by atoms with van der Waals surface area (Å²) >= 11 is 6.96. The van der Waals surface area contributed by atoms with Gasteiger partial charge in [0.05, 0.1) is 5.75 Å². The van der Waals surface area contributed by atoms with Gasteiger partial charge in [0.2, 0.25) is 5.91 Å². The van der Waals surface area contributed by atoms with Gasteiger partial charge in [-0.1, -0.05) is 30.3 Å². The van der Waals surface area contributed by atoms with Gasteiger partial charge in [-0.3, -0.25) is 9.59 Å². The number of H-pyrrole nitrogens is 1. The Bertz CT molecular complexity index is 685. The van der Waals surface area contributed by atoms with Crippen LogP contribution in [0.25, 0.3) is 0 Å². The number of amides is 1. The van der Waals surface area contributed by atoms with Crippen LogP contribution in [0, 0.1) is 0 Å². The number of nitrogens with zero attached hydrogens (tertiary/aromatic N) is 1. The summed E-state index contributed by atoms with van der Waals surface area (Å²) in [6.45, 7) is 1.92. The minimum Gasteiger partial charge on any atom is -0.325 e. The van der Waals surface area contributed by atoms with E-state index in [4.69, 9.17) is 11.6 Å². The lowest BCUT2D eigenvalue weighted by Gasteiger charge is -2.05. The molecular formula is C14H14ClN3O2S. The molecule has 0 aliphatic heterocycles. The Morgan fingerprint density at radius 1 is 1.38 bits per heavy atom. The molecule has 1 amide bonds. The molecule has 2 N–H and O–H groups in total. The van der Waals surface area contributed by atoms with Crippen LogP contribution < -0.4 is 10.9 Å². The van der Waals surface area contributed by atoms with Gasteiger partial charge in [-0.05, 0) is 30.7 Å². The quantitative estimate of drug-likeness (QED) is 0.655. The summed E-state index contributed by atoms with van der Waals surface area (Å²) in [7, 11) is 0. The normalized spacial score (nSPS) is 10.4. The maximum absolute atomic E-state index is 11.8. The number of anilines is 1. The minimum absolute atomic E-state index is 0.165. The molecule has 5 nitrogen and oxygen atoms in total. The maximum atomic E-state index is 11.8. The van der Waals surface area contributed by atoms with E-state index in [0.717, 1.165) is 0 Å². The molecule has 1 heterocycles. The molecule has 0 aliphatic rings. The lowest BCUT2D eigenvalue weighted by molar-refractivity contribution is -0.113. The predicted molar refractivity (Wildman–Crippen MR) is 85.0 cm³/mol. The number of aromatic nitrogens is 2. The van der Waals surface area contributed by atoms with E-state index in [1.165, 1.54) is 17.8 Å². The summed E-state index contributed by atoms with van der Waals surface area (Å²) in [5, 5.41) is 3.81. The molecule has 110 valence electrons. The highest BCUT2D eigenvalue weighted by atomic mass is 35.5. The third-order valence-corrected chi connectivity index (χ3v) is 3.73. The van der Waals surface area contributed by atoms with Crippen LogP contribution in [0.15, 0.2) is 40.3 Å². The third kappa shape index (κ3) is 4.91. The largest absolute Gasteiger partial charge is 0.325 e. The van der Waals surface area contributed by atoms with Crippen molar-refractivity contribution in [2.75, 3.05) is 11.1 Å². The molecule has 7 heteroatoms. The number of nitrogens with one attached hydrogen (secondary N) is 2. The first-order valence-electron chi connectivity index (χ1n) is 6.35. The van der Waals surface area contributed by atoms with Crippen LogP contribution in [-0.4, -0.2) is 21.6 Å². The van der Waals surface area contributed by atoms with Crippen molar-refractivity contribution in [3.8, 4) is 0 Å². The molecule has 1 aromatic heterocycles. The highest BCUT2D eigenvalue weighted by Crippen LogP contribution is 2.15. The van der Waals surface area contributed by atoms with Gasteiger partial charge in [0, 0.05) is 22.5 Å². The minimum atomic E-state index is -0.206. The maximum Gasteiger partial charge on any atom is 0.251 e. The summed E-state index contributed by atoms with van der Waals surface area (Å²) in [6.07, 6.45) is 0.675. The molecular weight excluding hydrogens is 310 g/mol. The number of hydrogen-bond donors (Lipinski definition) is 2. The van der Waals surface area contributed by atoms with E-state index in [-0.39, 0.29) is 17.2 Å². The molecule has 0 radical (unpaired) electrons. The van der Waals surface area contributed by atoms with Crippen molar-refractivity contribution in [1.82, 2.24) is 9.97 Å². The van der Waals surface area contributed by atoms with Crippen molar-refractivity contribution >= 4 is 35.0 Å². The average molecular weight is 324 g/mol. The zero-order valence-corrected chi connectivity index (χ0v) is 12.9. The van der Waals surface area contributed by atoms with Crippen LogP contribution in [0.3, 0.4) is 0 Å². The molecule has 2 aromatic rings. The zero-order chi connectivity index (χ0) is 15.2.